The molecule has 0 aromatic heterocycles. The molecule has 0 bridgehead atoms. The maximum atomic E-state index is 12.3. The summed E-state index contributed by atoms with van der Waals surface area (Å²) in [6, 6.07) is 6.45. The zero-order chi connectivity index (χ0) is 15.5. The number of nitrogens with one attached hydrogen (secondary N) is 1. The van der Waals surface area contributed by atoms with E-state index in [1.807, 2.05) is 0 Å². The van der Waals surface area contributed by atoms with Crippen LogP contribution in [0.15, 0.2) is 24.3 Å². The number of aliphatic carboxylic acids is 1. The second-order valence-corrected chi connectivity index (χ2v) is 5.72. The highest BCUT2D eigenvalue weighted by molar-refractivity contribution is 5.95. The van der Waals surface area contributed by atoms with E-state index in [0.29, 0.717) is 24.2 Å². The van der Waals surface area contributed by atoms with Gasteiger partial charge >= 0.3 is 5.97 Å². The fourth-order valence-electron chi connectivity index (χ4n) is 2.80. The number of carbonyl (C=O) groups excluding carboxylic acids is 1. The first-order chi connectivity index (χ1) is 9.97. The van der Waals surface area contributed by atoms with Crippen molar-refractivity contribution in [3.05, 3.63) is 29.8 Å². The molecule has 1 fully saturated rings. The normalized spacial score (nSPS) is 25.1. The summed E-state index contributed by atoms with van der Waals surface area (Å²) >= 11 is 0. The maximum absolute atomic E-state index is 12.3. The average molecular weight is 291 g/mol. The summed E-state index contributed by atoms with van der Waals surface area (Å²) < 4.78 is 5.05. The molecule has 1 aliphatic carbocycles. The van der Waals surface area contributed by atoms with Crippen molar-refractivity contribution in [2.24, 2.45) is 5.41 Å². The van der Waals surface area contributed by atoms with Crippen molar-refractivity contribution in [3.8, 4) is 5.75 Å². The highest BCUT2D eigenvalue weighted by atomic mass is 16.5. The van der Waals surface area contributed by atoms with Gasteiger partial charge in [-0.2, -0.15) is 0 Å². The van der Waals surface area contributed by atoms with E-state index >= 15 is 0 Å². The summed E-state index contributed by atoms with van der Waals surface area (Å²) in [5.74, 6) is -0.404. The molecule has 5 nitrogen and oxygen atoms in total. The van der Waals surface area contributed by atoms with Gasteiger partial charge < -0.3 is 15.2 Å². The van der Waals surface area contributed by atoms with Gasteiger partial charge in [0.1, 0.15) is 5.75 Å². The van der Waals surface area contributed by atoms with Crippen LogP contribution in [0.3, 0.4) is 0 Å². The van der Waals surface area contributed by atoms with Crippen LogP contribution in [0.5, 0.6) is 5.75 Å². The molecule has 2 N–H and O–H groups in total. The molecule has 0 aliphatic heterocycles. The molecular weight excluding hydrogens is 270 g/mol. The van der Waals surface area contributed by atoms with Crippen LogP contribution in [-0.4, -0.2) is 30.1 Å². The van der Waals surface area contributed by atoms with E-state index in [4.69, 9.17) is 4.74 Å². The first-order valence-electron chi connectivity index (χ1n) is 7.15. The van der Waals surface area contributed by atoms with E-state index in [-0.39, 0.29) is 11.9 Å². The molecule has 1 saturated carbocycles. The summed E-state index contributed by atoms with van der Waals surface area (Å²) in [5.41, 5.74) is -0.380. The van der Waals surface area contributed by atoms with Crippen molar-refractivity contribution in [1.82, 2.24) is 5.32 Å². The van der Waals surface area contributed by atoms with Crippen LogP contribution < -0.4 is 10.1 Å². The van der Waals surface area contributed by atoms with Crippen molar-refractivity contribution in [3.63, 3.8) is 0 Å². The molecule has 21 heavy (non-hydrogen) atoms. The van der Waals surface area contributed by atoms with Crippen molar-refractivity contribution in [2.75, 3.05) is 7.11 Å². The fraction of sp³-hybridized carbons (Fsp3) is 0.500. The van der Waals surface area contributed by atoms with Gasteiger partial charge in [0, 0.05) is 11.6 Å². The third kappa shape index (κ3) is 3.17. The van der Waals surface area contributed by atoms with Gasteiger partial charge in [0.15, 0.2) is 0 Å². The quantitative estimate of drug-likeness (QED) is 0.893. The second kappa shape index (κ2) is 6.16. The van der Waals surface area contributed by atoms with Crippen molar-refractivity contribution in [2.45, 2.75) is 38.6 Å². The Labute approximate surface area is 124 Å². The van der Waals surface area contributed by atoms with Crippen LogP contribution in [0.4, 0.5) is 0 Å². The Morgan fingerprint density at radius 2 is 1.95 bits per heavy atom. The molecule has 114 valence electrons. The number of benzene rings is 1. The molecule has 1 aromatic carbocycles. The number of hydrogen-bond donors (Lipinski definition) is 2. The third-order valence-corrected chi connectivity index (χ3v) is 4.35. The Bertz CT molecular complexity index is 526. The number of methoxy groups -OCH3 is 1. The molecule has 0 saturated heterocycles. The van der Waals surface area contributed by atoms with Gasteiger partial charge in [-0.15, -0.1) is 0 Å². The van der Waals surface area contributed by atoms with Gasteiger partial charge in [0.2, 0.25) is 0 Å². The van der Waals surface area contributed by atoms with Gasteiger partial charge in [-0.3, -0.25) is 9.59 Å². The first kappa shape index (κ1) is 15.4. The molecule has 2 rings (SSSR count). The number of carboxylic acid groups (broad SMARTS) is 1. The highest BCUT2D eigenvalue weighted by Crippen LogP contribution is 2.36. The molecule has 2 unspecified atom stereocenters. The second-order valence-electron chi connectivity index (χ2n) is 5.72. The van der Waals surface area contributed by atoms with Crippen LogP contribution in [0, 0.1) is 5.41 Å². The van der Waals surface area contributed by atoms with Crippen LogP contribution in [0.2, 0.25) is 0 Å². The zero-order valence-corrected chi connectivity index (χ0v) is 12.4. The topological polar surface area (TPSA) is 75.6 Å². The SMILES string of the molecule is COc1ccc(C(=O)NC2CCCCC2(C)C(=O)O)cc1. The molecule has 0 spiro atoms. The van der Waals surface area contributed by atoms with Crippen LogP contribution in [-0.2, 0) is 4.79 Å². The lowest BCUT2D eigenvalue weighted by atomic mass is 9.71. The van der Waals surface area contributed by atoms with E-state index in [0.717, 1.165) is 12.8 Å². The lowest BCUT2D eigenvalue weighted by molar-refractivity contribution is -0.151. The highest BCUT2D eigenvalue weighted by Gasteiger charge is 2.43. The zero-order valence-electron chi connectivity index (χ0n) is 12.4. The molecule has 1 amide bonds. The summed E-state index contributed by atoms with van der Waals surface area (Å²) in [4.78, 5) is 23.8. The van der Waals surface area contributed by atoms with Crippen LogP contribution in [0.25, 0.3) is 0 Å². The van der Waals surface area contributed by atoms with Crippen LogP contribution >= 0.6 is 0 Å². The van der Waals surface area contributed by atoms with Gasteiger partial charge in [0.05, 0.1) is 12.5 Å². The smallest absolute Gasteiger partial charge is 0.311 e. The molecule has 2 atom stereocenters. The molecule has 0 radical (unpaired) electrons. The van der Waals surface area contributed by atoms with Crippen molar-refractivity contribution < 1.29 is 19.4 Å². The van der Waals surface area contributed by atoms with E-state index in [2.05, 4.69) is 5.32 Å². The predicted molar refractivity (Wildman–Crippen MR) is 78.5 cm³/mol. The average Bonchev–Trinajstić information content (AvgIpc) is 2.49. The minimum absolute atomic E-state index is 0.239. The summed E-state index contributed by atoms with van der Waals surface area (Å²) in [6.07, 6.45) is 3.12. The Morgan fingerprint density at radius 3 is 2.52 bits per heavy atom. The third-order valence-electron chi connectivity index (χ3n) is 4.35. The van der Waals surface area contributed by atoms with E-state index in [1.54, 1.807) is 38.3 Å². The Morgan fingerprint density at radius 1 is 1.29 bits per heavy atom. The monoisotopic (exact) mass is 291 g/mol. The largest absolute Gasteiger partial charge is 0.497 e. The van der Waals surface area contributed by atoms with Crippen molar-refractivity contribution >= 4 is 11.9 Å². The maximum Gasteiger partial charge on any atom is 0.311 e. The predicted octanol–water partition coefficient (Wildman–Crippen LogP) is 2.46. The number of ether oxygens (including phenoxy) is 1. The van der Waals surface area contributed by atoms with E-state index in [1.165, 1.54) is 0 Å². The molecule has 1 aliphatic rings. The Balaban J connectivity index is 2.11. The summed E-state index contributed by atoms with van der Waals surface area (Å²) in [6.45, 7) is 1.72. The lowest BCUT2D eigenvalue weighted by Gasteiger charge is -2.38. The minimum atomic E-state index is -0.889. The molecular formula is C16H21NO4. The van der Waals surface area contributed by atoms with E-state index in [9.17, 15) is 14.7 Å². The summed E-state index contributed by atoms with van der Waals surface area (Å²) in [7, 11) is 1.56. The standard InChI is InChI=1S/C16H21NO4/c1-16(15(19)20)10-4-3-5-13(16)17-14(18)11-6-8-12(21-2)9-7-11/h6-9,13H,3-5,10H2,1-2H3,(H,17,18)(H,19,20). The molecule has 0 heterocycles. The van der Waals surface area contributed by atoms with Gasteiger partial charge in [-0.1, -0.05) is 12.8 Å². The van der Waals surface area contributed by atoms with Crippen LogP contribution in [0.1, 0.15) is 43.0 Å². The van der Waals surface area contributed by atoms with Gasteiger partial charge in [-0.05, 0) is 44.0 Å². The minimum Gasteiger partial charge on any atom is -0.497 e. The first-order valence-corrected chi connectivity index (χ1v) is 7.15. The summed E-state index contributed by atoms with van der Waals surface area (Å²) in [5, 5.41) is 12.3. The Hall–Kier alpha value is -2.04. The lowest BCUT2D eigenvalue weighted by Crippen LogP contribution is -2.52. The fourth-order valence-corrected chi connectivity index (χ4v) is 2.80. The van der Waals surface area contributed by atoms with E-state index < -0.39 is 11.4 Å². The van der Waals surface area contributed by atoms with Crippen molar-refractivity contribution in [1.29, 1.82) is 0 Å². The number of carbonyl (C=O) groups is 2. The number of hydrogen-bond acceptors (Lipinski definition) is 3. The number of amides is 1. The molecule has 5 heteroatoms. The van der Waals surface area contributed by atoms with Gasteiger partial charge in [-0.25, -0.2) is 0 Å². The van der Waals surface area contributed by atoms with Gasteiger partial charge in [0.25, 0.3) is 5.91 Å². The molecule has 1 aromatic rings. The number of carboxylic acids is 1. The number of rotatable bonds is 4. The Kier molecular flexibility index (Phi) is 4.50.